The Kier molecular flexibility index (Phi) is 7.15. The molecule has 1 N–H and O–H groups in total. The van der Waals surface area contributed by atoms with Crippen molar-refractivity contribution >= 4 is 22.7 Å². The number of aliphatic imine (C=N–C) groups is 1. The third kappa shape index (κ3) is 5.75. The highest BCUT2D eigenvalue weighted by molar-refractivity contribution is 7.84. The molecular formula is C19H26N6OS. The van der Waals surface area contributed by atoms with E-state index in [2.05, 4.69) is 30.1 Å². The second-order valence-electron chi connectivity index (χ2n) is 6.27. The lowest BCUT2D eigenvalue weighted by Gasteiger charge is -2.36. The molecule has 0 spiro atoms. The van der Waals surface area contributed by atoms with Crippen LogP contribution in [0.1, 0.15) is 5.56 Å². The molecule has 144 valence electrons. The zero-order valence-electron chi connectivity index (χ0n) is 15.6. The Balaban J connectivity index is 1.41. The van der Waals surface area contributed by atoms with Crippen molar-refractivity contribution in [1.82, 2.24) is 20.2 Å². The Labute approximate surface area is 163 Å². The Morgan fingerprint density at radius 1 is 1.11 bits per heavy atom. The van der Waals surface area contributed by atoms with Gasteiger partial charge in [-0.1, -0.05) is 30.3 Å². The zero-order chi connectivity index (χ0) is 18.9. The molecular weight excluding hydrogens is 360 g/mol. The molecule has 7 nitrogen and oxygen atoms in total. The van der Waals surface area contributed by atoms with Gasteiger partial charge in [-0.2, -0.15) is 0 Å². The van der Waals surface area contributed by atoms with E-state index in [9.17, 15) is 4.21 Å². The Hall–Kier alpha value is -2.48. The second kappa shape index (κ2) is 10.0. The van der Waals surface area contributed by atoms with E-state index in [-0.39, 0.29) is 0 Å². The zero-order valence-corrected chi connectivity index (χ0v) is 16.4. The van der Waals surface area contributed by atoms with Crippen LogP contribution < -0.4 is 10.2 Å². The third-order valence-electron chi connectivity index (χ3n) is 4.41. The summed E-state index contributed by atoms with van der Waals surface area (Å²) in [6.45, 7) is 4.06. The summed E-state index contributed by atoms with van der Waals surface area (Å²) in [5.74, 6) is 2.83. The number of hydrogen-bond donors (Lipinski definition) is 1. The minimum atomic E-state index is -0.886. The number of hydrogen-bond acceptors (Lipinski definition) is 5. The molecule has 0 saturated carbocycles. The van der Waals surface area contributed by atoms with Gasteiger partial charge in [0.05, 0.1) is 0 Å². The summed E-state index contributed by atoms with van der Waals surface area (Å²) in [5, 5.41) is 3.34. The predicted octanol–water partition coefficient (Wildman–Crippen LogP) is 1.12. The van der Waals surface area contributed by atoms with E-state index in [1.165, 1.54) is 0 Å². The van der Waals surface area contributed by atoms with Crippen LogP contribution in [0.4, 0.5) is 5.95 Å². The largest absolute Gasteiger partial charge is 0.355 e. The lowest BCUT2D eigenvalue weighted by atomic mass is 10.2. The minimum absolute atomic E-state index is 0.594. The number of piperazine rings is 1. The van der Waals surface area contributed by atoms with Crippen molar-refractivity contribution in [2.45, 2.75) is 5.75 Å². The van der Waals surface area contributed by atoms with Gasteiger partial charge in [-0.15, -0.1) is 0 Å². The average Bonchev–Trinajstić information content (AvgIpc) is 2.73. The molecule has 3 rings (SSSR count). The summed E-state index contributed by atoms with van der Waals surface area (Å²) < 4.78 is 12.3. The van der Waals surface area contributed by atoms with Crippen LogP contribution in [0, 0.1) is 0 Å². The number of rotatable bonds is 6. The maximum atomic E-state index is 12.3. The number of benzene rings is 1. The molecule has 8 heteroatoms. The lowest BCUT2D eigenvalue weighted by molar-refractivity contribution is 0.371. The van der Waals surface area contributed by atoms with Crippen LogP contribution in [-0.4, -0.2) is 70.6 Å². The first-order chi connectivity index (χ1) is 13.3. The van der Waals surface area contributed by atoms with Gasteiger partial charge >= 0.3 is 0 Å². The lowest BCUT2D eigenvalue weighted by Crippen LogP contribution is -2.53. The van der Waals surface area contributed by atoms with E-state index >= 15 is 0 Å². The molecule has 1 aliphatic rings. The van der Waals surface area contributed by atoms with Gasteiger partial charge in [0.15, 0.2) is 5.96 Å². The van der Waals surface area contributed by atoms with Crippen molar-refractivity contribution in [2.75, 3.05) is 50.4 Å². The highest BCUT2D eigenvalue weighted by atomic mass is 32.2. The normalized spacial score (nSPS) is 16.3. The number of nitrogens with one attached hydrogen (secondary N) is 1. The van der Waals surface area contributed by atoms with Gasteiger partial charge in [-0.3, -0.25) is 9.20 Å². The van der Waals surface area contributed by atoms with E-state index in [1.54, 1.807) is 19.4 Å². The van der Waals surface area contributed by atoms with Crippen molar-refractivity contribution in [3.63, 3.8) is 0 Å². The van der Waals surface area contributed by atoms with Crippen LogP contribution >= 0.6 is 0 Å². The second-order valence-corrected chi connectivity index (χ2v) is 7.85. The Morgan fingerprint density at radius 2 is 1.81 bits per heavy atom. The van der Waals surface area contributed by atoms with Crippen molar-refractivity contribution in [2.24, 2.45) is 4.99 Å². The Morgan fingerprint density at radius 3 is 2.48 bits per heavy atom. The molecule has 1 fully saturated rings. The number of nitrogens with zero attached hydrogens (tertiary/aromatic N) is 5. The summed E-state index contributed by atoms with van der Waals surface area (Å²) in [6, 6.07) is 11.8. The molecule has 2 aromatic rings. The van der Waals surface area contributed by atoms with Crippen LogP contribution in [0.5, 0.6) is 0 Å². The standard InChI is InChI=1S/C19H26N6OS/c1-20-18(23-10-15-27(26)16-17-6-3-2-4-7-17)24-11-13-25(14-12-24)19-21-8-5-9-22-19/h2-9H,10-16H2,1H3,(H,20,23). The van der Waals surface area contributed by atoms with Gasteiger partial charge in [0.1, 0.15) is 0 Å². The fourth-order valence-corrected chi connectivity index (χ4v) is 4.05. The summed E-state index contributed by atoms with van der Waals surface area (Å²) in [7, 11) is 0.902. The number of aromatic nitrogens is 2. The van der Waals surface area contributed by atoms with Crippen LogP contribution in [0.3, 0.4) is 0 Å². The van der Waals surface area contributed by atoms with Crippen molar-refractivity contribution in [3.8, 4) is 0 Å². The smallest absolute Gasteiger partial charge is 0.225 e. The maximum Gasteiger partial charge on any atom is 0.225 e. The molecule has 0 bridgehead atoms. The molecule has 27 heavy (non-hydrogen) atoms. The quantitative estimate of drug-likeness (QED) is 0.593. The van der Waals surface area contributed by atoms with Crippen molar-refractivity contribution < 1.29 is 4.21 Å². The third-order valence-corrected chi connectivity index (χ3v) is 5.72. The molecule has 1 unspecified atom stereocenters. The van der Waals surface area contributed by atoms with E-state index in [0.29, 0.717) is 18.1 Å². The van der Waals surface area contributed by atoms with Gasteiger partial charge in [-0.25, -0.2) is 9.97 Å². The van der Waals surface area contributed by atoms with Crippen LogP contribution in [0.15, 0.2) is 53.8 Å². The molecule has 1 atom stereocenters. The summed E-state index contributed by atoms with van der Waals surface area (Å²) in [5.41, 5.74) is 1.11. The molecule has 0 radical (unpaired) electrons. The summed E-state index contributed by atoms with van der Waals surface area (Å²) >= 11 is 0. The fourth-order valence-electron chi connectivity index (χ4n) is 3.01. The van der Waals surface area contributed by atoms with E-state index in [1.807, 2.05) is 36.4 Å². The fraction of sp³-hybridized carbons (Fsp3) is 0.421. The van der Waals surface area contributed by atoms with E-state index < -0.39 is 10.8 Å². The topological polar surface area (TPSA) is 73.7 Å². The molecule has 1 aromatic carbocycles. The van der Waals surface area contributed by atoms with Crippen LogP contribution in [-0.2, 0) is 16.6 Å². The van der Waals surface area contributed by atoms with Gasteiger partial charge < -0.3 is 15.1 Å². The van der Waals surface area contributed by atoms with Gasteiger partial charge in [0.25, 0.3) is 0 Å². The first-order valence-corrected chi connectivity index (χ1v) is 10.6. The first kappa shape index (κ1) is 19.3. The SMILES string of the molecule is CN=C(NCCS(=O)Cc1ccccc1)N1CCN(c2ncccn2)CC1. The minimum Gasteiger partial charge on any atom is -0.355 e. The molecule has 1 saturated heterocycles. The first-order valence-electron chi connectivity index (χ1n) is 9.13. The molecule has 1 aliphatic heterocycles. The average molecular weight is 387 g/mol. The summed E-state index contributed by atoms with van der Waals surface area (Å²) in [6.07, 6.45) is 3.54. The monoisotopic (exact) mass is 386 g/mol. The van der Waals surface area contributed by atoms with Crippen molar-refractivity contribution in [1.29, 1.82) is 0 Å². The van der Waals surface area contributed by atoms with E-state index in [0.717, 1.165) is 43.7 Å². The highest BCUT2D eigenvalue weighted by Crippen LogP contribution is 2.09. The predicted molar refractivity (Wildman–Crippen MR) is 110 cm³/mol. The highest BCUT2D eigenvalue weighted by Gasteiger charge is 2.20. The maximum absolute atomic E-state index is 12.3. The van der Waals surface area contributed by atoms with Gasteiger partial charge in [0.2, 0.25) is 5.95 Å². The van der Waals surface area contributed by atoms with Gasteiger partial charge in [0, 0.05) is 74.5 Å². The van der Waals surface area contributed by atoms with Crippen LogP contribution in [0.25, 0.3) is 0 Å². The van der Waals surface area contributed by atoms with E-state index in [4.69, 9.17) is 0 Å². The van der Waals surface area contributed by atoms with Crippen LogP contribution in [0.2, 0.25) is 0 Å². The number of anilines is 1. The number of guanidine groups is 1. The Bertz CT molecular complexity index is 747. The molecule has 2 heterocycles. The summed E-state index contributed by atoms with van der Waals surface area (Å²) in [4.78, 5) is 17.4. The molecule has 1 aromatic heterocycles. The van der Waals surface area contributed by atoms with Gasteiger partial charge in [-0.05, 0) is 11.6 Å². The molecule has 0 aliphatic carbocycles. The van der Waals surface area contributed by atoms with Crippen molar-refractivity contribution in [3.05, 3.63) is 54.4 Å². The molecule has 0 amide bonds.